The lowest BCUT2D eigenvalue weighted by Gasteiger charge is -2.20. The van der Waals surface area contributed by atoms with Gasteiger partial charge in [0.2, 0.25) is 0 Å². The van der Waals surface area contributed by atoms with Crippen molar-refractivity contribution < 1.29 is 4.74 Å². The molecule has 0 saturated carbocycles. The summed E-state index contributed by atoms with van der Waals surface area (Å²) in [5, 5.41) is 5.04. The third kappa shape index (κ3) is 3.44. The molecule has 1 aliphatic heterocycles. The van der Waals surface area contributed by atoms with Gasteiger partial charge < -0.3 is 15.0 Å². The maximum absolute atomic E-state index is 6.26. The lowest BCUT2D eigenvalue weighted by molar-refractivity contribution is 0.296. The number of H-pyrrole nitrogens is 1. The summed E-state index contributed by atoms with van der Waals surface area (Å²) >= 11 is 0. The Morgan fingerprint density at radius 3 is 2.89 bits per heavy atom. The molecule has 5 rings (SSSR count). The predicted octanol–water partition coefficient (Wildman–Crippen LogP) is 5.14. The van der Waals surface area contributed by atoms with Gasteiger partial charge >= 0.3 is 0 Å². The Balaban J connectivity index is 1.27. The maximum atomic E-state index is 6.26. The molecule has 1 unspecified atom stereocenters. The van der Waals surface area contributed by atoms with Crippen LogP contribution in [0.3, 0.4) is 0 Å². The number of hydrogen-bond donors (Lipinski definition) is 2. The maximum Gasteiger partial charge on any atom is 0.122 e. The van der Waals surface area contributed by atoms with Crippen LogP contribution in [0.1, 0.15) is 54.0 Å². The van der Waals surface area contributed by atoms with Crippen LogP contribution in [-0.4, -0.2) is 24.7 Å². The fourth-order valence-electron chi connectivity index (χ4n) is 5.11. The van der Waals surface area contributed by atoms with Crippen molar-refractivity contribution in [2.45, 2.75) is 50.9 Å². The second kappa shape index (κ2) is 8.00. The Kier molecular flexibility index (Phi) is 5.09. The van der Waals surface area contributed by atoms with Gasteiger partial charge in [-0.2, -0.15) is 0 Å². The molecule has 0 spiro atoms. The summed E-state index contributed by atoms with van der Waals surface area (Å²) in [6, 6.07) is 15.4. The molecule has 28 heavy (non-hydrogen) atoms. The second-order valence-electron chi connectivity index (χ2n) is 8.31. The van der Waals surface area contributed by atoms with Gasteiger partial charge in [0, 0.05) is 36.1 Å². The van der Waals surface area contributed by atoms with Crippen LogP contribution in [0.25, 0.3) is 10.9 Å². The quantitative estimate of drug-likeness (QED) is 0.607. The van der Waals surface area contributed by atoms with Gasteiger partial charge in [-0.1, -0.05) is 30.3 Å². The molecule has 2 aliphatic rings. The highest BCUT2D eigenvalue weighted by molar-refractivity contribution is 5.85. The number of hydrogen-bond acceptors (Lipinski definition) is 2. The number of rotatable bonds is 5. The van der Waals surface area contributed by atoms with Crippen molar-refractivity contribution in [1.29, 1.82) is 0 Å². The molecule has 0 fully saturated rings. The largest absolute Gasteiger partial charge is 0.493 e. The van der Waals surface area contributed by atoms with E-state index in [0.29, 0.717) is 5.92 Å². The van der Waals surface area contributed by atoms with Gasteiger partial charge in [0.15, 0.2) is 0 Å². The molecule has 2 heterocycles. The minimum atomic E-state index is 0.557. The number of aromatic nitrogens is 1. The molecule has 2 N–H and O–H groups in total. The molecule has 3 aromatic rings. The van der Waals surface area contributed by atoms with E-state index in [-0.39, 0.29) is 0 Å². The molecule has 0 saturated heterocycles. The van der Waals surface area contributed by atoms with Gasteiger partial charge in [-0.15, -0.1) is 0 Å². The molecule has 3 heteroatoms. The Morgan fingerprint density at radius 2 is 1.89 bits per heavy atom. The molecule has 0 radical (unpaired) electrons. The van der Waals surface area contributed by atoms with Crippen molar-refractivity contribution in [3.05, 3.63) is 64.8 Å². The minimum absolute atomic E-state index is 0.557. The first-order valence-electron chi connectivity index (χ1n) is 10.9. The van der Waals surface area contributed by atoms with Crippen molar-refractivity contribution in [2.24, 2.45) is 0 Å². The van der Waals surface area contributed by atoms with E-state index in [9.17, 15) is 0 Å². The van der Waals surface area contributed by atoms with Crippen LogP contribution in [-0.2, 0) is 19.3 Å². The van der Waals surface area contributed by atoms with Crippen LogP contribution in [0.2, 0.25) is 0 Å². The van der Waals surface area contributed by atoms with Crippen molar-refractivity contribution in [2.75, 3.05) is 19.7 Å². The molecule has 3 nitrogen and oxygen atoms in total. The standard InChI is InChI=1S/C25H30N2O/c1-2-10-20-18(7-1)8-5-13-24(20)28-16-6-9-19-17-26-15-14-23-25(19)21-11-3-4-12-22(21)27-23/h3-5,8,11-13,19,26-27H,1-2,6-7,9-10,14-17H2. The summed E-state index contributed by atoms with van der Waals surface area (Å²) < 4.78 is 6.26. The normalized spacial score (nSPS) is 19.1. The fraction of sp³-hybridized carbons (Fsp3) is 0.440. The first-order chi connectivity index (χ1) is 13.9. The molecular formula is C25H30N2O. The van der Waals surface area contributed by atoms with E-state index in [1.165, 1.54) is 59.0 Å². The summed E-state index contributed by atoms with van der Waals surface area (Å²) in [6.45, 7) is 2.93. The van der Waals surface area contributed by atoms with Crippen LogP contribution < -0.4 is 10.1 Å². The van der Waals surface area contributed by atoms with Crippen LogP contribution >= 0.6 is 0 Å². The lowest BCUT2D eigenvalue weighted by atomic mass is 9.91. The van der Waals surface area contributed by atoms with Crippen molar-refractivity contribution in [3.8, 4) is 5.75 Å². The zero-order valence-corrected chi connectivity index (χ0v) is 16.6. The van der Waals surface area contributed by atoms with Crippen LogP contribution in [0.15, 0.2) is 42.5 Å². The number of benzene rings is 2. The highest BCUT2D eigenvalue weighted by Crippen LogP contribution is 2.34. The number of fused-ring (bicyclic) bond motifs is 4. The number of aromatic amines is 1. The first-order valence-corrected chi connectivity index (χ1v) is 10.9. The zero-order valence-electron chi connectivity index (χ0n) is 16.6. The fourth-order valence-corrected chi connectivity index (χ4v) is 5.11. The summed E-state index contributed by atoms with van der Waals surface area (Å²) in [5.74, 6) is 1.69. The number of para-hydroxylation sites is 1. The van der Waals surface area contributed by atoms with Gasteiger partial charge in [-0.25, -0.2) is 0 Å². The van der Waals surface area contributed by atoms with Gasteiger partial charge in [0.1, 0.15) is 5.75 Å². The summed E-state index contributed by atoms with van der Waals surface area (Å²) in [5.41, 5.74) is 7.21. The first kappa shape index (κ1) is 17.8. The Bertz CT molecular complexity index is 958. The number of ether oxygens (including phenoxy) is 1. The molecule has 146 valence electrons. The average Bonchev–Trinajstić information content (AvgIpc) is 2.99. The zero-order chi connectivity index (χ0) is 18.8. The van der Waals surface area contributed by atoms with E-state index in [1.807, 2.05) is 0 Å². The molecule has 0 amide bonds. The van der Waals surface area contributed by atoms with Gasteiger partial charge in [0.25, 0.3) is 0 Å². The van der Waals surface area contributed by atoms with Crippen LogP contribution in [0.4, 0.5) is 0 Å². The topological polar surface area (TPSA) is 37.0 Å². The van der Waals surface area contributed by atoms with Crippen LogP contribution in [0.5, 0.6) is 5.75 Å². The van der Waals surface area contributed by atoms with Crippen molar-refractivity contribution in [1.82, 2.24) is 10.3 Å². The van der Waals surface area contributed by atoms with E-state index in [0.717, 1.165) is 44.7 Å². The summed E-state index contributed by atoms with van der Waals surface area (Å²) in [6.07, 6.45) is 8.35. The van der Waals surface area contributed by atoms with E-state index >= 15 is 0 Å². The molecule has 0 bridgehead atoms. The van der Waals surface area contributed by atoms with E-state index < -0.39 is 0 Å². The highest BCUT2D eigenvalue weighted by Gasteiger charge is 2.23. The smallest absolute Gasteiger partial charge is 0.122 e. The lowest BCUT2D eigenvalue weighted by Crippen LogP contribution is -2.20. The monoisotopic (exact) mass is 374 g/mol. The molecule has 1 aliphatic carbocycles. The third-order valence-electron chi connectivity index (χ3n) is 6.49. The average molecular weight is 375 g/mol. The van der Waals surface area contributed by atoms with E-state index in [4.69, 9.17) is 4.74 Å². The predicted molar refractivity (Wildman–Crippen MR) is 115 cm³/mol. The molecule has 1 atom stereocenters. The summed E-state index contributed by atoms with van der Waals surface area (Å²) in [7, 11) is 0. The van der Waals surface area contributed by atoms with Crippen molar-refractivity contribution in [3.63, 3.8) is 0 Å². The molecular weight excluding hydrogens is 344 g/mol. The van der Waals surface area contributed by atoms with Gasteiger partial charge in [-0.05, 0) is 73.3 Å². The highest BCUT2D eigenvalue weighted by atomic mass is 16.5. The molecule has 1 aromatic heterocycles. The Hall–Kier alpha value is -2.26. The third-order valence-corrected chi connectivity index (χ3v) is 6.49. The molecule has 2 aromatic carbocycles. The van der Waals surface area contributed by atoms with E-state index in [1.54, 1.807) is 0 Å². The number of nitrogens with one attached hydrogen (secondary N) is 2. The summed E-state index contributed by atoms with van der Waals surface area (Å²) in [4.78, 5) is 3.67. The second-order valence-corrected chi connectivity index (χ2v) is 8.31. The SMILES string of the molecule is c1cc2c(c(OCCCC3CNCCc4[nH]c5ccccc5c43)c1)CCCC2. The minimum Gasteiger partial charge on any atom is -0.493 e. The van der Waals surface area contributed by atoms with Crippen LogP contribution in [0, 0.1) is 0 Å². The Morgan fingerprint density at radius 1 is 0.964 bits per heavy atom. The number of aryl methyl sites for hydroxylation is 1. The Labute approximate surface area is 167 Å². The van der Waals surface area contributed by atoms with Gasteiger partial charge in [-0.3, -0.25) is 0 Å². The van der Waals surface area contributed by atoms with Crippen molar-refractivity contribution >= 4 is 10.9 Å². The van der Waals surface area contributed by atoms with E-state index in [2.05, 4.69) is 52.8 Å². The van der Waals surface area contributed by atoms with Gasteiger partial charge in [0.05, 0.1) is 6.61 Å².